The van der Waals surface area contributed by atoms with Crippen LogP contribution in [0.15, 0.2) is 59.9 Å². The minimum atomic E-state index is -3.96. The number of aromatic nitrogens is 2. The smallest absolute Gasteiger partial charge is 0.399 e. The molecule has 3 aromatic rings. The average Bonchev–Trinajstić information content (AvgIpc) is 3.04. The highest BCUT2D eigenvalue weighted by Gasteiger charge is 2.52. The summed E-state index contributed by atoms with van der Waals surface area (Å²) in [7, 11) is -5.83. The summed E-state index contributed by atoms with van der Waals surface area (Å²) in [5.74, 6) is 0.258. The third-order valence-electron chi connectivity index (χ3n) is 7.01. The fourth-order valence-electron chi connectivity index (χ4n) is 3.97. The Morgan fingerprint density at radius 2 is 1.73 bits per heavy atom. The molecule has 4 rings (SSSR count). The number of anilines is 1. The lowest BCUT2D eigenvalue weighted by atomic mass is 9.76. The Morgan fingerprint density at radius 1 is 1.03 bits per heavy atom. The van der Waals surface area contributed by atoms with Crippen molar-refractivity contribution in [3.05, 3.63) is 55.0 Å². The molecule has 1 fully saturated rings. The first kappa shape index (κ1) is 27.7. The van der Waals surface area contributed by atoms with Crippen LogP contribution < -0.4 is 9.77 Å². The van der Waals surface area contributed by atoms with Crippen molar-refractivity contribution in [2.45, 2.75) is 69.5 Å². The predicted molar refractivity (Wildman–Crippen MR) is 150 cm³/mol. The molecule has 0 N–H and O–H groups in total. The molecule has 0 spiro atoms. The van der Waals surface area contributed by atoms with Gasteiger partial charge < -0.3 is 14.0 Å². The molecule has 0 unspecified atom stereocenters. The third-order valence-corrected chi connectivity index (χ3v) is 10.4. The van der Waals surface area contributed by atoms with Gasteiger partial charge in [0.1, 0.15) is 18.9 Å². The molecule has 1 aromatic heterocycles. The average molecular weight is 542 g/mol. The monoisotopic (exact) mass is 541 g/mol. The van der Waals surface area contributed by atoms with Crippen LogP contribution >= 0.6 is 0 Å². The molecule has 1 aliphatic rings. The summed E-state index contributed by atoms with van der Waals surface area (Å²) in [6.45, 7) is 15.2. The van der Waals surface area contributed by atoms with E-state index in [1.165, 1.54) is 16.8 Å². The van der Waals surface area contributed by atoms with E-state index in [1.807, 2.05) is 52.0 Å². The zero-order chi connectivity index (χ0) is 27.1. The number of hydrogen-bond donors (Lipinski definition) is 0. The zero-order valence-electron chi connectivity index (χ0n) is 22.7. The van der Waals surface area contributed by atoms with Gasteiger partial charge in [-0.1, -0.05) is 43.9 Å². The number of rotatable bonds is 9. The highest BCUT2D eigenvalue weighted by atomic mass is 32.2. The maximum atomic E-state index is 13.8. The number of sulfonamides is 1. The van der Waals surface area contributed by atoms with Gasteiger partial charge in [-0.3, -0.25) is 0 Å². The quantitative estimate of drug-likeness (QED) is 0.225. The van der Waals surface area contributed by atoms with Crippen molar-refractivity contribution in [2.75, 3.05) is 17.6 Å². The molecule has 0 radical (unpaired) electrons. The second kappa shape index (κ2) is 10.1. The molecule has 11 heteroatoms. The summed E-state index contributed by atoms with van der Waals surface area (Å²) in [5.41, 5.74) is -0.0878. The van der Waals surface area contributed by atoms with E-state index in [0.717, 1.165) is 22.3 Å². The molecule has 1 aliphatic heterocycles. The molecule has 8 nitrogen and oxygen atoms in total. The lowest BCUT2D eigenvalue weighted by molar-refractivity contribution is 0.00578. The van der Waals surface area contributed by atoms with Crippen LogP contribution in [0.1, 0.15) is 27.7 Å². The molecule has 1 saturated heterocycles. The lowest BCUT2D eigenvalue weighted by Crippen LogP contribution is -2.41. The van der Waals surface area contributed by atoms with Crippen LogP contribution in [0.2, 0.25) is 25.7 Å². The lowest BCUT2D eigenvalue weighted by Gasteiger charge is -2.32. The van der Waals surface area contributed by atoms with Crippen molar-refractivity contribution in [1.29, 1.82) is 0 Å². The molecule has 198 valence electrons. The van der Waals surface area contributed by atoms with E-state index in [2.05, 4.69) is 29.6 Å². The standard InChI is InChI=1S/C26H36BN3O5SSi/c1-25(2)26(3,4)35-27(34-25)23-10-8-9-20-17-21(11-12-22(20)23)36(31,32)30(24-13-14-28-18-29-24)19-33-15-16-37(5,6)7/h8-14,17-18H,15-16,19H2,1-7H3. The molecule has 0 amide bonds. The van der Waals surface area contributed by atoms with Crippen LogP contribution in [0, 0.1) is 0 Å². The van der Waals surface area contributed by atoms with E-state index in [1.54, 1.807) is 18.2 Å². The predicted octanol–water partition coefficient (Wildman–Crippen LogP) is 4.44. The maximum absolute atomic E-state index is 13.8. The van der Waals surface area contributed by atoms with E-state index < -0.39 is 36.4 Å². The van der Waals surface area contributed by atoms with Gasteiger partial charge in [-0.15, -0.1) is 0 Å². The van der Waals surface area contributed by atoms with Gasteiger partial charge in [0.05, 0.1) is 16.1 Å². The summed E-state index contributed by atoms with van der Waals surface area (Å²) in [4.78, 5) is 8.27. The SMILES string of the molecule is CC1(C)OB(c2cccc3cc(S(=O)(=O)N(COCC[Si](C)(C)C)c4ccncn4)ccc23)OC1(C)C. The molecule has 0 atom stereocenters. The van der Waals surface area contributed by atoms with Gasteiger partial charge in [0.25, 0.3) is 10.0 Å². The summed E-state index contributed by atoms with van der Waals surface area (Å²) in [5, 5.41) is 1.65. The summed E-state index contributed by atoms with van der Waals surface area (Å²) >= 11 is 0. The van der Waals surface area contributed by atoms with Crippen molar-refractivity contribution in [3.8, 4) is 0 Å². The number of benzene rings is 2. The van der Waals surface area contributed by atoms with Gasteiger partial charge in [-0.2, -0.15) is 0 Å². The normalized spacial score (nSPS) is 17.3. The van der Waals surface area contributed by atoms with Gasteiger partial charge >= 0.3 is 7.12 Å². The number of hydrogen-bond acceptors (Lipinski definition) is 7. The fourth-order valence-corrected chi connectivity index (χ4v) is 6.06. The molecular formula is C26H36BN3O5SSi. The summed E-state index contributed by atoms with van der Waals surface area (Å²) < 4.78 is 47.2. The Morgan fingerprint density at radius 3 is 2.35 bits per heavy atom. The Balaban J connectivity index is 1.66. The largest absolute Gasteiger partial charge is 0.495 e. The van der Waals surface area contributed by atoms with Crippen molar-refractivity contribution in [3.63, 3.8) is 0 Å². The number of fused-ring (bicyclic) bond motifs is 1. The van der Waals surface area contributed by atoms with Gasteiger partial charge in [-0.05, 0) is 62.1 Å². The first-order valence-corrected chi connectivity index (χ1v) is 17.6. The Kier molecular flexibility index (Phi) is 7.57. The first-order valence-electron chi connectivity index (χ1n) is 12.5. The van der Waals surface area contributed by atoms with E-state index in [0.29, 0.717) is 6.61 Å². The van der Waals surface area contributed by atoms with Crippen LogP contribution in [0.25, 0.3) is 10.8 Å². The van der Waals surface area contributed by atoms with Crippen LogP contribution in [0.4, 0.5) is 5.82 Å². The molecule has 0 aliphatic carbocycles. The van der Waals surface area contributed by atoms with Crippen LogP contribution in [0.3, 0.4) is 0 Å². The third kappa shape index (κ3) is 5.91. The summed E-state index contributed by atoms with van der Waals surface area (Å²) in [6.07, 6.45) is 2.85. The maximum Gasteiger partial charge on any atom is 0.495 e. The minimum absolute atomic E-state index is 0.129. The van der Waals surface area contributed by atoms with E-state index in [-0.39, 0.29) is 17.4 Å². The number of nitrogens with zero attached hydrogens (tertiary/aromatic N) is 3. The number of ether oxygens (including phenoxy) is 1. The van der Waals surface area contributed by atoms with Crippen molar-refractivity contribution >= 4 is 47.3 Å². The van der Waals surface area contributed by atoms with E-state index in [4.69, 9.17) is 14.0 Å². The van der Waals surface area contributed by atoms with Crippen LogP contribution in [0.5, 0.6) is 0 Å². The highest BCUT2D eigenvalue weighted by Crippen LogP contribution is 2.37. The fraction of sp³-hybridized carbons (Fsp3) is 0.462. The molecule has 0 saturated carbocycles. The Hall–Kier alpha value is -2.31. The molecule has 2 heterocycles. The van der Waals surface area contributed by atoms with Crippen LogP contribution in [-0.4, -0.2) is 58.1 Å². The molecule has 37 heavy (non-hydrogen) atoms. The van der Waals surface area contributed by atoms with E-state index >= 15 is 0 Å². The molecule has 2 aromatic carbocycles. The first-order chi connectivity index (χ1) is 17.2. The van der Waals surface area contributed by atoms with Crippen molar-refractivity contribution < 1.29 is 22.5 Å². The van der Waals surface area contributed by atoms with Gasteiger partial charge in [0.15, 0.2) is 0 Å². The Bertz CT molecular complexity index is 1350. The second-order valence-electron chi connectivity index (χ2n) is 11.6. The van der Waals surface area contributed by atoms with Gasteiger partial charge in [0.2, 0.25) is 0 Å². The zero-order valence-corrected chi connectivity index (χ0v) is 24.5. The summed E-state index contributed by atoms with van der Waals surface area (Å²) in [6, 6.07) is 13.3. The minimum Gasteiger partial charge on any atom is -0.399 e. The van der Waals surface area contributed by atoms with Gasteiger partial charge in [-0.25, -0.2) is 22.7 Å². The van der Waals surface area contributed by atoms with Crippen molar-refractivity contribution in [2.24, 2.45) is 0 Å². The highest BCUT2D eigenvalue weighted by molar-refractivity contribution is 7.92. The molecule has 0 bridgehead atoms. The molecular weight excluding hydrogens is 505 g/mol. The second-order valence-corrected chi connectivity index (χ2v) is 19.1. The van der Waals surface area contributed by atoms with Crippen molar-refractivity contribution in [1.82, 2.24) is 9.97 Å². The van der Waals surface area contributed by atoms with E-state index in [9.17, 15) is 8.42 Å². The van der Waals surface area contributed by atoms with Crippen LogP contribution in [-0.2, 0) is 24.1 Å². The topological polar surface area (TPSA) is 90.9 Å². The Labute approximate surface area is 221 Å². The van der Waals surface area contributed by atoms with Gasteiger partial charge in [0, 0.05) is 26.9 Å².